The van der Waals surface area contributed by atoms with Crippen LogP contribution in [0.15, 0.2) is 60.9 Å². The van der Waals surface area contributed by atoms with Crippen molar-refractivity contribution >= 4 is 10.9 Å². The Balaban J connectivity index is 1.66. The van der Waals surface area contributed by atoms with Gasteiger partial charge in [-0.15, -0.1) is 0 Å². The molecule has 0 unspecified atom stereocenters. The quantitative estimate of drug-likeness (QED) is 0.403. The van der Waals surface area contributed by atoms with Crippen LogP contribution in [0.5, 0.6) is 23.0 Å². The van der Waals surface area contributed by atoms with Gasteiger partial charge in [0.15, 0.2) is 0 Å². The van der Waals surface area contributed by atoms with E-state index in [4.69, 9.17) is 23.9 Å². The number of pyridine rings is 2. The molecule has 0 aliphatic carbocycles. The summed E-state index contributed by atoms with van der Waals surface area (Å²) in [7, 11) is 6.56. The van der Waals surface area contributed by atoms with E-state index in [9.17, 15) is 0 Å². The molecule has 4 aromatic rings. The van der Waals surface area contributed by atoms with Crippen LogP contribution in [-0.4, -0.2) is 38.4 Å². The zero-order chi connectivity index (χ0) is 23.2. The molecule has 0 amide bonds. The molecule has 33 heavy (non-hydrogen) atoms. The van der Waals surface area contributed by atoms with Crippen molar-refractivity contribution in [2.75, 3.05) is 28.4 Å². The largest absolute Gasteiger partial charge is 0.497 e. The minimum atomic E-state index is 0.548. The van der Waals surface area contributed by atoms with Gasteiger partial charge in [-0.1, -0.05) is 0 Å². The Morgan fingerprint density at radius 1 is 0.727 bits per heavy atom. The summed E-state index contributed by atoms with van der Waals surface area (Å²) in [5.41, 5.74) is 4.78. The van der Waals surface area contributed by atoms with Crippen LogP contribution >= 0.6 is 0 Å². The Bertz CT molecular complexity index is 1220. The molecule has 170 valence electrons. The number of hydrogen-bond acceptors (Lipinski definition) is 7. The highest BCUT2D eigenvalue weighted by Crippen LogP contribution is 2.34. The molecular weight excluding hydrogens is 418 g/mol. The summed E-state index contributed by atoms with van der Waals surface area (Å²) in [4.78, 5) is 9.10. The molecule has 7 nitrogen and oxygen atoms in total. The van der Waals surface area contributed by atoms with Crippen molar-refractivity contribution < 1.29 is 18.9 Å². The number of fused-ring (bicyclic) bond motifs is 1. The molecule has 0 radical (unpaired) electrons. The molecule has 2 aromatic heterocycles. The standard InChI is InChI=1S/C26H27N3O4/c1-30-20-6-5-18-11-19(26(29-23(18)12-20)17-7-9-27-10-8-17)15-28-16-22-24(32-3)13-21(31-2)14-25(22)33-4/h5-14,28H,15-16H2,1-4H3. The number of rotatable bonds is 9. The third-order valence-corrected chi connectivity index (χ3v) is 5.49. The maximum Gasteiger partial charge on any atom is 0.130 e. The molecule has 0 aliphatic rings. The van der Waals surface area contributed by atoms with Gasteiger partial charge in [0.2, 0.25) is 0 Å². The lowest BCUT2D eigenvalue weighted by Gasteiger charge is -2.17. The van der Waals surface area contributed by atoms with Crippen molar-refractivity contribution in [1.29, 1.82) is 0 Å². The van der Waals surface area contributed by atoms with Gasteiger partial charge in [0.05, 0.1) is 45.2 Å². The minimum absolute atomic E-state index is 0.548. The molecule has 0 bridgehead atoms. The maximum atomic E-state index is 5.57. The van der Waals surface area contributed by atoms with E-state index < -0.39 is 0 Å². The first-order valence-corrected chi connectivity index (χ1v) is 10.5. The fourth-order valence-corrected chi connectivity index (χ4v) is 3.79. The summed E-state index contributed by atoms with van der Waals surface area (Å²) in [5, 5.41) is 4.57. The topological polar surface area (TPSA) is 74.7 Å². The zero-order valence-corrected chi connectivity index (χ0v) is 19.2. The van der Waals surface area contributed by atoms with Gasteiger partial charge in [0, 0.05) is 54.6 Å². The lowest BCUT2D eigenvalue weighted by Crippen LogP contribution is -2.15. The number of benzene rings is 2. The first kappa shape index (κ1) is 22.4. The Morgan fingerprint density at radius 2 is 1.42 bits per heavy atom. The molecule has 1 N–H and O–H groups in total. The Hall–Kier alpha value is -3.84. The molecule has 2 heterocycles. The van der Waals surface area contributed by atoms with Crippen LogP contribution in [-0.2, 0) is 13.1 Å². The van der Waals surface area contributed by atoms with Gasteiger partial charge in [0.1, 0.15) is 23.0 Å². The summed E-state index contributed by atoms with van der Waals surface area (Å²) >= 11 is 0. The van der Waals surface area contributed by atoms with E-state index in [1.165, 1.54) is 0 Å². The maximum absolute atomic E-state index is 5.57. The van der Waals surface area contributed by atoms with Gasteiger partial charge in [-0.2, -0.15) is 0 Å². The van der Waals surface area contributed by atoms with E-state index in [0.717, 1.165) is 39.0 Å². The zero-order valence-electron chi connectivity index (χ0n) is 19.2. The summed E-state index contributed by atoms with van der Waals surface area (Å²) in [6, 6.07) is 15.7. The number of ether oxygens (including phenoxy) is 4. The first-order valence-electron chi connectivity index (χ1n) is 10.5. The first-order chi connectivity index (χ1) is 16.2. The Labute approximate surface area is 193 Å². The van der Waals surface area contributed by atoms with E-state index in [-0.39, 0.29) is 0 Å². The number of hydrogen-bond donors (Lipinski definition) is 1. The number of nitrogens with zero attached hydrogens (tertiary/aromatic N) is 2. The summed E-state index contributed by atoms with van der Waals surface area (Å²) in [6.07, 6.45) is 3.55. The third kappa shape index (κ3) is 4.83. The van der Waals surface area contributed by atoms with Crippen LogP contribution in [0, 0.1) is 0 Å². The SMILES string of the molecule is COc1cc(OC)c(CNCc2cc3ccc(OC)cc3nc2-c2ccncc2)c(OC)c1. The van der Waals surface area contributed by atoms with Crippen molar-refractivity contribution in [2.24, 2.45) is 0 Å². The van der Waals surface area contributed by atoms with Crippen LogP contribution < -0.4 is 24.3 Å². The lowest BCUT2D eigenvalue weighted by atomic mass is 10.0. The number of nitrogens with one attached hydrogen (secondary N) is 1. The second-order valence-corrected chi connectivity index (χ2v) is 7.40. The van der Waals surface area contributed by atoms with Crippen molar-refractivity contribution in [3.63, 3.8) is 0 Å². The van der Waals surface area contributed by atoms with E-state index in [1.807, 2.05) is 42.5 Å². The average Bonchev–Trinajstić information content (AvgIpc) is 2.88. The predicted molar refractivity (Wildman–Crippen MR) is 128 cm³/mol. The molecule has 0 spiro atoms. The lowest BCUT2D eigenvalue weighted by molar-refractivity contribution is 0.366. The normalized spacial score (nSPS) is 10.8. The fourth-order valence-electron chi connectivity index (χ4n) is 3.79. The summed E-state index contributed by atoms with van der Waals surface area (Å²) in [6.45, 7) is 1.15. The van der Waals surface area contributed by atoms with Crippen LogP contribution in [0.1, 0.15) is 11.1 Å². The average molecular weight is 446 g/mol. The van der Waals surface area contributed by atoms with Crippen molar-refractivity contribution in [3.8, 4) is 34.3 Å². The van der Waals surface area contributed by atoms with E-state index in [0.29, 0.717) is 30.3 Å². The van der Waals surface area contributed by atoms with Crippen LogP contribution in [0.2, 0.25) is 0 Å². The van der Waals surface area contributed by atoms with Gasteiger partial charge >= 0.3 is 0 Å². The van der Waals surface area contributed by atoms with Gasteiger partial charge in [-0.3, -0.25) is 4.98 Å². The van der Waals surface area contributed by atoms with Gasteiger partial charge < -0.3 is 24.3 Å². The molecule has 7 heteroatoms. The highest BCUT2D eigenvalue weighted by atomic mass is 16.5. The Kier molecular flexibility index (Phi) is 6.90. The van der Waals surface area contributed by atoms with Gasteiger partial charge in [0.25, 0.3) is 0 Å². The van der Waals surface area contributed by atoms with Crippen LogP contribution in [0.25, 0.3) is 22.2 Å². The van der Waals surface area contributed by atoms with E-state index in [1.54, 1.807) is 40.8 Å². The molecule has 0 atom stereocenters. The van der Waals surface area contributed by atoms with Gasteiger partial charge in [-0.05, 0) is 35.9 Å². The minimum Gasteiger partial charge on any atom is -0.497 e. The van der Waals surface area contributed by atoms with Crippen LogP contribution in [0.4, 0.5) is 0 Å². The second kappa shape index (κ2) is 10.2. The summed E-state index contributed by atoms with van der Waals surface area (Å²) < 4.78 is 21.9. The second-order valence-electron chi connectivity index (χ2n) is 7.40. The fraction of sp³-hybridized carbons (Fsp3) is 0.231. The van der Waals surface area contributed by atoms with Crippen molar-refractivity contribution in [3.05, 3.63) is 72.1 Å². The molecule has 0 aliphatic heterocycles. The van der Waals surface area contributed by atoms with E-state index in [2.05, 4.69) is 16.4 Å². The molecule has 2 aromatic carbocycles. The molecular formula is C26H27N3O4. The van der Waals surface area contributed by atoms with Gasteiger partial charge in [-0.25, -0.2) is 4.98 Å². The molecule has 0 fully saturated rings. The Morgan fingerprint density at radius 3 is 2.06 bits per heavy atom. The molecule has 0 saturated heterocycles. The number of methoxy groups -OCH3 is 4. The van der Waals surface area contributed by atoms with Crippen LogP contribution in [0.3, 0.4) is 0 Å². The predicted octanol–water partition coefficient (Wildman–Crippen LogP) is 4.62. The van der Waals surface area contributed by atoms with E-state index >= 15 is 0 Å². The van der Waals surface area contributed by atoms with Crippen molar-refractivity contribution in [1.82, 2.24) is 15.3 Å². The highest BCUT2D eigenvalue weighted by Gasteiger charge is 2.15. The molecule has 4 rings (SSSR count). The smallest absolute Gasteiger partial charge is 0.130 e. The monoisotopic (exact) mass is 445 g/mol. The summed E-state index contributed by atoms with van der Waals surface area (Å²) in [5.74, 6) is 2.87. The highest BCUT2D eigenvalue weighted by molar-refractivity contribution is 5.84. The molecule has 0 saturated carbocycles. The third-order valence-electron chi connectivity index (χ3n) is 5.49. The number of aromatic nitrogens is 2. The van der Waals surface area contributed by atoms with Crippen molar-refractivity contribution in [2.45, 2.75) is 13.1 Å².